The van der Waals surface area contributed by atoms with E-state index < -0.39 is 0 Å². The quantitative estimate of drug-likeness (QED) is 0.930. The highest BCUT2D eigenvalue weighted by Crippen LogP contribution is 2.29. The van der Waals surface area contributed by atoms with Crippen LogP contribution in [0.3, 0.4) is 0 Å². The van der Waals surface area contributed by atoms with Crippen molar-refractivity contribution in [2.45, 2.75) is 32.9 Å². The Morgan fingerprint density at radius 2 is 2.20 bits per heavy atom. The van der Waals surface area contributed by atoms with Gasteiger partial charge in [-0.2, -0.15) is 0 Å². The van der Waals surface area contributed by atoms with E-state index in [9.17, 15) is 0 Å². The molecule has 0 unspecified atom stereocenters. The predicted molar refractivity (Wildman–Crippen MR) is 82.7 cm³/mol. The van der Waals surface area contributed by atoms with Crippen LogP contribution in [0.5, 0.6) is 0 Å². The van der Waals surface area contributed by atoms with E-state index in [0.29, 0.717) is 6.54 Å². The summed E-state index contributed by atoms with van der Waals surface area (Å²) >= 11 is 0. The van der Waals surface area contributed by atoms with Crippen LogP contribution < -0.4 is 10.6 Å². The summed E-state index contributed by atoms with van der Waals surface area (Å²) in [5.41, 5.74) is 12.2. The van der Waals surface area contributed by atoms with Crippen molar-refractivity contribution in [3.05, 3.63) is 58.9 Å². The van der Waals surface area contributed by atoms with Gasteiger partial charge in [-0.05, 0) is 43.0 Å². The molecule has 0 saturated heterocycles. The molecule has 3 heteroatoms. The third-order valence-corrected chi connectivity index (χ3v) is 3.99. The minimum absolute atomic E-state index is 0.505. The van der Waals surface area contributed by atoms with Crippen molar-refractivity contribution >= 4 is 5.69 Å². The zero-order chi connectivity index (χ0) is 13.9. The van der Waals surface area contributed by atoms with Crippen LogP contribution in [0.25, 0.3) is 0 Å². The van der Waals surface area contributed by atoms with Crippen LogP contribution in [-0.2, 0) is 19.5 Å². The summed E-state index contributed by atoms with van der Waals surface area (Å²) in [4.78, 5) is 6.83. The molecule has 0 radical (unpaired) electrons. The van der Waals surface area contributed by atoms with E-state index in [1.807, 2.05) is 12.3 Å². The molecular weight excluding hydrogens is 246 g/mol. The van der Waals surface area contributed by atoms with E-state index in [1.165, 1.54) is 35.2 Å². The standard InChI is InChI=1S/C17H21N3/c1-13-6-7-17-14(10-13)5-3-9-20(17)12-15-4-2-8-19-16(15)11-18/h2,4,6-8,10H,3,5,9,11-12,18H2,1H3. The first-order valence-corrected chi connectivity index (χ1v) is 7.25. The number of hydrogen-bond acceptors (Lipinski definition) is 3. The van der Waals surface area contributed by atoms with Crippen LogP contribution in [0.1, 0.15) is 28.8 Å². The molecule has 0 fully saturated rings. The second-order valence-corrected chi connectivity index (χ2v) is 5.47. The molecule has 3 nitrogen and oxygen atoms in total. The van der Waals surface area contributed by atoms with E-state index in [2.05, 4.69) is 41.1 Å². The lowest BCUT2D eigenvalue weighted by Crippen LogP contribution is -2.29. The molecule has 0 saturated carbocycles. The van der Waals surface area contributed by atoms with Crippen LogP contribution >= 0.6 is 0 Å². The molecule has 0 aliphatic carbocycles. The zero-order valence-electron chi connectivity index (χ0n) is 12.0. The van der Waals surface area contributed by atoms with Crippen LogP contribution in [0.15, 0.2) is 36.5 Å². The van der Waals surface area contributed by atoms with Gasteiger partial charge in [-0.1, -0.05) is 23.8 Å². The number of pyridine rings is 1. The molecule has 0 bridgehead atoms. The monoisotopic (exact) mass is 267 g/mol. The number of benzene rings is 1. The number of hydrogen-bond donors (Lipinski definition) is 1. The normalized spacial score (nSPS) is 14.2. The molecule has 104 valence electrons. The smallest absolute Gasteiger partial charge is 0.0589 e. The number of anilines is 1. The number of rotatable bonds is 3. The summed E-state index contributed by atoms with van der Waals surface area (Å²) in [5, 5.41) is 0. The number of fused-ring (bicyclic) bond motifs is 1. The van der Waals surface area contributed by atoms with Gasteiger partial charge < -0.3 is 10.6 Å². The van der Waals surface area contributed by atoms with Crippen molar-refractivity contribution in [3.63, 3.8) is 0 Å². The summed E-state index contributed by atoms with van der Waals surface area (Å²) in [7, 11) is 0. The number of aryl methyl sites for hydroxylation is 2. The number of nitrogens with two attached hydrogens (primary N) is 1. The highest BCUT2D eigenvalue weighted by Gasteiger charge is 2.17. The summed E-state index contributed by atoms with van der Waals surface area (Å²) < 4.78 is 0. The fraction of sp³-hybridized carbons (Fsp3) is 0.353. The first-order chi connectivity index (χ1) is 9.78. The van der Waals surface area contributed by atoms with Gasteiger partial charge in [0.05, 0.1) is 5.69 Å². The molecule has 2 N–H and O–H groups in total. The lowest BCUT2D eigenvalue weighted by atomic mass is 9.99. The van der Waals surface area contributed by atoms with E-state index in [0.717, 1.165) is 18.8 Å². The van der Waals surface area contributed by atoms with Crippen LogP contribution in [0.2, 0.25) is 0 Å². The summed E-state index contributed by atoms with van der Waals surface area (Å²) in [6.07, 6.45) is 4.22. The second-order valence-electron chi connectivity index (χ2n) is 5.47. The average Bonchev–Trinajstić information content (AvgIpc) is 2.47. The van der Waals surface area contributed by atoms with Gasteiger partial charge in [0.25, 0.3) is 0 Å². The topological polar surface area (TPSA) is 42.2 Å². The van der Waals surface area contributed by atoms with Crippen molar-refractivity contribution in [2.24, 2.45) is 5.73 Å². The Hall–Kier alpha value is -1.87. The Balaban J connectivity index is 1.89. The third-order valence-electron chi connectivity index (χ3n) is 3.99. The molecule has 1 aliphatic rings. The molecule has 2 heterocycles. The van der Waals surface area contributed by atoms with Crippen molar-refractivity contribution < 1.29 is 0 Å². The molecule has 3 rings (SSSR count). The lowest BCUT2D eigenvalue weighted by molar-refractivity contribution is 0.685. The Morgan fingerprint density at radius 3 is 3.05 bits per heavy atom. The first kappa shape index (κ1) is 13.1. The Labute approximate surface area is 120 Å². The summed E-state index contributed by atoms with van der Waals surface area (Å²) in [6, 6.07) is 10.9. The average molecular weight is 267 g/mol. The van der Waals surface area contributed by atoms with Gasteiger partial charge in [-0.3, -0.25) is 4.98 Å². The Bertz CT molecular complexity index is 607. The molecule has 1 aromatic heterocycles. The van der Waals surface area contributed by atoms with Gasteiger partial charge in [0.15, 0.2) is 0 Å². The van der Waals surface area contributed by atoms with E-state index in [-0.39, 0.29) is 0 Å². The van der Waals surface area contributed by atoms with Gasteiger partial charge in [-0.15, -0.1) is 0 Å². The Kier molecular flexibility index (Phi) is 3.70. The molecule has 0 spiro atoms. The van der Waals surface area contributed by atoms with Crippen molar-refractivity contribution in [1.29, 1.82) is 0 Å². The SMILES string of the molecule is Cc1ccc2c(c1)CCCN2Cc1cccnc1CN. The molecule has 0 atom stereocenters. The second kappa shape index (κ2) is 5.63. The van der Waals surface area contributed by atoms with Crippen molar-refractivity contribution in [3.8, 4) is 0 Å². The molecular formula is C17H21N3. The molecule has 0 amide bonds. The van der Waals surface area contributed by atoms with Gasteiger partial charge >= 0.3 is 0 Å². The molecule has 1 aromatic carbocycles. The fourth-order valence-electron chi connectivity index (χ4n) is 2.97. The first-order valence-electron chi connectivity index (χ1n) is 7.25. The molecule has 20 heavy (non-hydrogen) atoms. The largest absolute Gasteiger partial charge is 0.367 e. The summed E-state index contributed by atoms with van der Waals surface area (Å²) in [6.45, 7) is 4.67. The van der Waals surface area contributed by atoms with Crippen molar-refractivity contribution in [2.75, 3.05) is 11.4 Å². The van der Waals surface area contributed by atoms with Crippen LogP contribution in [-0.4, -0.2) is 11.5 Å². The summed E-state index contributed by atoms with van der Waals surface area (Å²) in [5.74, 6) is 0. The molecule has 1 aliphatic heterocycles. The maximum atomic E-state index is 5.79. The van der Waals surface area contributed by atoms with Crippen molar-refractivity contribution in [1.82, 2.24) is 4.98 Å². The zero-order valence-corrected chi connectivity index (χ0v) is 12.0. The third kappa shape index (κ3) is 2.54. The maximum Gasteiger partial charge on any atom is 0.0589 e. The number of nitrogens with zero attached hydrogens (tertiary/aromatic N) is 2. The Morgan fingerprint density at radius 1 is 1.30 bits per heavy atom. The van der Waals surface area contributed by atoms with E-state index in [4.69, 9.17) is 5.73 Å². The van der Waals surface area contributed by atoms with Gasteiger partial charge in [0, 0.05) is 31.5 Å². The maximum absolute atomic E-state index is 5.79. The van der Waals surface area contributed by atoms with Crippen LogP contribution in [0.4, 0.5) is 5.69 Å². The van der Waals surface area contributed by atoms with Gasteiger partial charge in [0.2, 0.25) is 0 Å². The fourth-order valence-corrected chi connectivity index (χ4v) is 2.97. The van der Waals surface area contributed by atoms with E-state index in [1.54, 1.807) is 0 Å². The van der Waals surface area contributed by atoms with E-state index >= 15 is 0 Å². The highest BCUT2D eigenvalue weighted by molar-refractivity contribution is 5.57. The minimum atomic E-state index is 0.505. The van der Waals surface area contributed by atoms with Crippen LogP contribution in [0, 0.1) is 6.92 Å². The lowest BCUT2D eigenvalue weighted by Gasteiger charge is -2.32. The minimum Gasteiger partial charge on any atom is -0.367 e. The molecule has 2 aromatic rings. The number of aromatic nitrogens is 1. The van der Waals surface area contributed by atoms with Gasteiger partial charge in [0.1, 0.15) is 0 Å². The predicted octanol–water partition coefficient (Wildman–Crippen LogP) is 2.80. The van der Waals surface area contributed by atoms with Gasteiger partial charge in [-0.25, -0.2) is 0 Å². The highest BCUT2D eigenvalue weighted by atomic mass is 15.1.